The van der Waals surface area contributed by atoms with Crippen LogP contribution in [0.2, 0.25) is 0 Å². The predicted octanol–water partition coefficient (Wildman–Crippen LogP) is 3.47. The molecule has 9 nitrogen and oxygen atoms in total. The van der Waals surface area contributed by atoms with Gasteiger partial charge in [-0.05, 0) is 25.0 Å². The summed E-state index contributed by atoms with van der Waals surface area (Å²) < 4.78 is 0. The lowest BCUT2D eigenvalue weighted by atomic mass is 9.95. The fraction of sp³-hybridized carbons (Fsp3) is 0.250. The van der Waals surface area contributed by atoms with Gasteiger partial charge in [0.2, 0.25) is 0 Å². The highest BCUT2D eigenvalue weighted by molar-refractivity contribution is 6.20. The second-order valence-electron chi connectivity index (χ2n) is 7.91. The summed E-state index contributed by atoms with van der Waals surface area (Å²) in [6, 6.07) is 14.2. The second-order valence-corrected chi connectivity index (χ2v) is 7.91. The summed E-state index contributed by atoms with van der Waals surface area (Å²) in [6.45, 7) is 0. The second kappa shape index (κ2) is 9.44. The molecule has 1 aliphatic carbocycles. The molecule has 2 amide bonds. The van der Waals surface area contributed by atoms with Gasteiger partial charge in [-0.15, -0.1) is 0 Å². The average molecular weight is 443 g/mol. The minimum Gasteiger partial charge on any atom is -0.349 e. The van der Waals surface area contributed by atoms with Gasteiger partial charge in [-0.3, -0.25) is 19.7 Å². The van der Waals surface area contributed by atoms with E-state index < -0.39 is 16.7 Å². The number of nitrogens with zero attached hydrogens (tertiary/aromatic N) is 3. The Hall–Kier alpha value is -4.32. The van der Waals surface area contributed by atoms with E-state index in [0.717, 1.165) is 32.1 Å². The van der Waals surface area contributed by atoms with Crippen molar-refractivity contribution in [3.05, 3.63) is 80.9 Å². The number of hydrogen-bond acceptors (Lipinski definition) is 6. The molecule has 2 aromatic rings. The van der Waals surface area contributed by atoms with Gasteiger partial charge in [0.05, 0.1) is 10.6 Å². The zero-order valence-electron chi connectivity index (χ0n) is 17.7. The van der Waals surface area contributed by atoms with Crippen LogP contribution in [-0.2, 0) is 4.79 Å². The van der Waals surface area contributed by atoms with Crippen molar-refractivity contribution in [3.8, 4) is 6.07 Å². The van der Waals surface area contributed by atoms with Gasteiger partial charge in [-0.2, -0.15) is 5.26 Å². The first-order valence-corrected chi connectivity index (χ1v) is 10.7. The van der Waals surface area contributed by atoms with E-state index in [2.05, 4.69) is 15.6 Å². The number of non-ortho nitro benzene ring substituents is 1. The molecule has 1 heterocycles. The molecule has 0 aromatic heterocycles. The number of amides is 2. The van der Waals surface area contributed by atoms with Gasteiger partial charge in [0.1, 0.15) is 17.5 Å². The maximum absolute atomic E-state index is 12.9. The minimum atomic E-state index is -0.544. The largest absolute Gasteiger partial charge is 0.349 e. The van der Waals surface area contributed by atoms with Gasteiger partial charge in [0.25, 0.3) is 17.5 Å². The monoisotopic (exact) mass is 443 g/mol. The van der Waals surface area contributed by atoms with Crippen molar-refractivity contribution >= 4 is 29.0 Å². The zero-order valence-corrected chi connectivity index (χ0v) is 17.7. The first-order valence-electron chi connectivity index (χ1n) is 10.7. The fourth-order valence-corrected chi connectivity index (χ4v) is 4.04. The van der Waals surface area contributed by atoms with Crippen molar-refractivity contribution in [2.75, 3.05) is 0 Å². The number of benzene rings is 2. The molecule has 0 saturated heterocycles. The number of nitro benzene ring substituents is 1. The molecular weight excluding hydrogens is 422 g/mol. The van der Waals surface area contributed by atoms with Gasteiger partial charge in [0, 0.05) is 34.9 Å². The molecule has 1 saturated carbocycles. The van der Waals surface area contributed by atoms with Crippen molar-refractivity contribution in [2.24, 2.45) is 4.99 Å². The van der Waals surface area contributed by atoms with Crippen molar-refractivity contribution in [2.45, 2.75) is 38.1 Å². The third-order valence-electron chi connectivity index (χ3n) is 5.75. The Labute approximate surface area is 190 Å². The average Bonchev–Trinajstić information content (AvgIpc) is 3.18. The highest BCUT2D eigenvalue weighted by Crippen LogP contribution is 2.31. The van der Waals surface area contributed by atoms with Crippen molar-refractivity contribution in [3.63, 3.8) is 0 Å². The number of hydrogen-bond donors (Lipinski definition) is 2. The van der Waals surface area contributed by atoms with Gasteiger partial charge < -0.3 is 10.6 Å². The molecule has 1 aliphatic heterocycles. The van der Waals surface area contributed by atoms with E-state index in [1.54, 1.807) is 24.3 Å². The van der Waals surface area contributed by atoms with Crippen LogP contribution in [0.25, 0.3) is 5.70 Å². The Morgan fingerprint density at radius 3 is 2.33 bits per heavy atom. The highest BCUT2D eigenvalue weighted by Gasteiger charge is 2.28. The van der Waals surface area contributed by atoms with Gasteiger partial charge >= 0.3 is 0 Å². The molecule has 2 aliphatic rings. The van der Waals surface area contributed by atoms with E-state index >= 15 is 0 Å². The maximum Gasteiger partial charge on any atom is 0.269 e. The molecule has 0 unspecified atom stereocenters. The molecule has 9 heteroatoms. The van der Waals surface area contributed by atoms with E-state index in [4.69, 9.17) is 0 Å². The van der Waals surface area contributed by atoms with Gasteiger partial charge in [-0.1, -0.05) is 43.5 Å². The molecule has 166 valence electrons. The van der Waals surface area contributed by atoms with E-state index in [9.17, 15) is 25.0 Å². The standard InChI is InChI=1S/C24H21N5O4/c25-14-20(24(31)26-16-6-2-1-3-7-16)21-18-8-4-5-9-19(18)22(27-21)28-23(30)15-10-12-17(13-11-15)29(32)33/h4-5,8-13,16H,1-3,6-7H2,(H,26,31)(H,27,28,30)/b21-20-. The van der Waals surface area contributed by atoms with Crippen molar-refractivity contribution < 1.29 is 14.5 Å². The lowest BCUT2D eigenvalue weighted by molar-refractivity contribution is -0.384. The van der Waals surface area contributed by atoms with Crippen LogP contribution in [0.5, 0.6) is 0 Å². The molecule has 0 bridgehead atoms. The number of carbonyl (C=O) groups is 2. The number of aliphatic imine (C=N–C) groups is 1. The Morgan fingerprint density at radius 2 is 1.70 bits per heavy atom. The van der Waals surface area contributed by atoms with E-state index in [1.807, 2.05) is 6.07 Å². The van der Waals surface area contributed by atoms with Crippen LogP contribution in [0.1, 0.15) is 53.6 Å². The topological polar surface area (TPSA) is 137 Å². The van der Waals surface area contributed by atoms with E-state index in [1.165, 1.54) is 24.3 Å². The summed E-state index contributed by atoms with van der Waals surface area (Å²) in [5, 5.41) is 26.2. The Balaban J connectivity index is 1.62. The SMILES string of the molecule is N#C/C(C(=O)NC1CCCCC1)=C1/N=C(NC(=O)c2ccc([N+](=O)[O-])cc2)c2ccccc21. The lowest BCUT2D eigenvalue weighted by Gasteiger charge is -2.22. The van der Waals surface area contributed by atoms with Crippen molar-refractivity contribution in [1.82, 2.24) is 10.6 Å². The number of amidine groups is 1. The molecular formula is C24H21N5O4. The number of nitrogens with one attached hydrogen (secondary N) is 2. The summed E-state index contributed by atoms with van der Waals surface area (Å²) in [7, 11) is 0. The Bertz CT molecular complexity index is 1220. The third-order valence-corrected chi connectivity index (χ3v) is 5.75. The zero-order chi connectivity index (χ0) is 23.4. The maximum atomic E-state index is 12.9. The van der Waals surface area contributed by atoms with Crippen LogP contribution in [0.3, 0.4) is 0 Å². The van der Waals surface area contributed by atoms with Crippen LogP contribution < -0.4 is 10.6 Å². The van der Waals surface area contributed by atoms with Gasteiger partial charge in [-0.25, -0.2) is 4.99 Å². The molecule has 4 rings (SSSR count). The summed E-state index contributed by atoms with van der Waals surface area (Å²) in [4.78, 5) is 40.3. The van der Waals surface area contributed by atoms with Crippen LogP contribution >= 0.6 is 0 Å². The first-order chi connectivity index (χ1) is 16.0. The highest BCUT2D eigenvalue weighted by atomic mass is 16.6. The molecule has 0 radical (unpaired) electrons. The number of nitro groups is 1. The van der Waals surface area contributed by atoms with Gasteiger partial charge in [0.15, 0.2) is 0 Å². The summed E-state index contributed by atoms with van der Waals surface area (Å²) in [5.41, 5.74) is 1.36. The predicted molar refractivity (Wildman–Crippen MR) is 121 cm³/mol. The van der Waals surface area contributed by atoms with Crippen molar-refractivity contribution in [1.29, 1.82) is 5.26 Å². The summed E-state index contributed by atoms with van der Waals surface area (Å²) in [6.07, 6.45) is 5.01. The Morgan fingerprint density at radius 1 is 1.03 bits per heavy atom. The smallest absolute Gasteiger partial charge is 0.269 e. The van der Waals surface area contributed by atoms with Crippen LogP contribution in [0.15, 0.2) is 59.1 Å². The fourth-order valence-electron chi connectivity index (χ4n) is 4.04. The minimum absolute atomic E-state index is 0.0390. The van der Waals surface area contributed by atoms with E-state index in [0.29, 0.717) is 11.1 Å². The first kappa shape index (κ1) is 21.9. The third kappa shape index (κ3) is 4.65. The molecule has 2 N–H and O–H groups in total. The van der Waals surface area contributed by atoms with Crippen LogP contribution in [0.4, 0.5) is 5.69 Å². The Kier molecular flexibility index (Phi) is 6.26. The molecule has 2 aromatic carbocycles. The molecule has 0 atom stereocenters. The number of rotatable bonds is 4. The normalized spacial score (nSPS) is 16.8. The summed E-state index contributed by atoms with van der Waals surface area (Å²) >= 11 is 0. The number of fused-ring (bicyclic) bond motifs is 1. The lowest BCUT2D eigenvalue weighted by Crippen LogP contribution is -2.37. The number of nitriles is 1. The summed E-state index contributed by atoms with van der Waals surface area (Å²) in [5.74, 6) is -0.770. The molecule has 33 heavy (non-hydrogen) atoms. The van der Waals surface area contributed by atoms with E-state index in [-0.39, 0.29) is 34.4 Å². The number of carbonyl (C=O) groups excluding carboxylic acids is 2. The quantitative estimate of drug-likeness (QED) is 0.323. The van der Waals surface area contributed by atoms with Crippen LogP contribution in [-0.4, -0.2) is 28.6 Å². The van der Waals surface area contributed by atoms with Crippen LogP contribution in [0, 0.1) is 21.4 Å². The molecule has 0 spiro atoms. The molecule has 1 fully saturated rings.